The lowest BCUT2D eigenvalue weighted by Crippen LogP contribution is -2.35. The van der Waals surface area contributed by atoms with Gasteiger partial charge < -0.3 is 10.3 Å². The number of fused-ring (bicyclic) bond motifs is 1. The number of pyridine rings is 1. The van der Waals surface area contributed by atoms with Crippen LogP contribution >= 0.6 is 15.9 Å². The summed E-state index contributed by atoms with van der Waals surface area (Å²) in [5.41, 5.74) is 1.93. The molecule has 0 bridgehead atoms. The highest BCUT2D eigenvalue weighted by atomic mass is 79.9. The van der Waals surface area contributed by atoms with Crippen LogP contribution in [0.5, 0.6) is 0 Å². The van der Waals surface area contributed by atoms with Crippen molar-refractivity contribution in [3.8, 4) is 0 Å². The average molecular weight is 309 g/mol. The predicted molar refractivity (Wildman–Crippen MR) is 75.6 cm³/mol. The van der Waals surface area contributed by atoms with Crippen molar-refractivity contribution in [2.24, 2.45) is 5.92 Å². The van der Waals surface area contributed by atoms with Crippen LogP contribution in [-0.4, -0.2) is 28.0 Å². The summed E-state index contributed by atoms with van der Waals surface area (Å²) in [6, 6.07) is 2.04. The van der Waals surface area contributed by atoms with Gasteiger partial charge in [-0.2, -0.15) is 0 Å². The molecule has 1 fully saturated rings. The van der Waals surface area contributed by atoms with Gasteiger partial charge in [0.2, 0.25) is 0 Å². The summed E-state index contributed by atoms with van der Waals surface area (Å²) in [6.45, 7) is 6.59. The molecule has 2 aromatic rings. The van der Waals surface area contributed by atoms with E-state index in [4.69, 9.17) is 4.98 Å². The molecule has 0 aromatic carbocycles. The fourth-order valence-electron chi connectivity index (χ4n) is 2.79. The van der Waals surface area contributed by atoms with Crippen molar-refractivity contribution in [3.63, 3.8) is 0 Å². The number of nitrogens with zero attached hydrogens (tertiary/aromatic N) is 2. The number of H-pyrrole nitrogens is 1. The summed E-state index contributed by atoms with van der Waals surface area (Å²) in [5.74, 6) is 1.62. The van der Waals surface area contributed by atoms with E-state index in [-0.39, 0.29) is 5.41 Å². The first-order chi connectivity index (χ1) is 8.62. The van der Waals surface area contributed by atoms with Crippen molar-refractivity contribution in [3.05, 3.63) is 22.6 Å². The van der Waals surface area contributed by atoms with Crippen LogP contribution in [0.2, 0.25) is 0 Å². The van der Waals surface area contributed by atoms with Crippen molar-refractivity contribution in [1.82, 2.24) is 20.3 Å². The third kappa shape index (κ3) is 1.77. The van der Waals surface area contributed by atoms with E-state index in [0.29, 0.717) is 5.92 Å². The number of imidazole rings is 1. The van der Waals surface area contributed by atoms with Crippen molar-refractivity contribution in [2.45, 2.75) is 25.7 Å². The Balaban J connectivity index is 2.12. The molecule has 3 rings (SSSR count). The van der Waals surface area contributed by atoms with Crippen molar-refractivity contribution >= 4 is 27.1 Å². The largest absolute Gasteiger partial charge is 0.340 e. The molecule has 1 unspecified atom stereocenters. The van der Waals surface area contributed by atoms with E-state index < -0.39 is 0 Å². The number of halogens is 1. The summed E-state index contributed by atoms with van der Waals surface area (Å²) >= 11 is 3.44. The van der Waals surface area contributed by atoms with Crippen LogP contribution in [0.4, 0.5) is 0 Å². The van der Waals surface area contributed by atoms with Gasteiger partial charge in [-0.1, -0.05) is 13.8 Å². The molecule has 1 aliphatic rings. The third-order valence-electron chi connectivity index (χ3n) is 4.07. The van der Waals surface area contributed by atoms with E-state index in [2.05, 4.69) is 45.1 Å². The molecule has 1 atom stereocenters. The van der Waals surface area contributed by atoms with Gasteiger partial charge >= 0.3 is 0 Å². The van der Waals surface area contributed by atoms with E-state index in [1.807, 2.05) is 6.07 Å². The summed E-state index contributed by atoms with van der Waals surface area (Å²) in [4.78, 5) is 12.5. The first-order valence-electron chi connectivity index (χ1n) is 6.34. The standard InChI is InChI=1S/C13H17BrN4/c1-8(2)13(3-4-15-7-13)12-17-10-5-9(14)6-16-11(10)18-12/h5-6,8,15H,3-4,7H2,1-2H3,(H,16,17,18). The monoisotopic (exact) mass is 308 g/mol. The second-order valence-electron chi connectivity index (χ2n) is 5.35. The van der Waals surface area contributed by atoms with E-state index in [0.717, 1.165) is 41.0 Å². The Morgan fingerprint density at radius 2 is 2.28 bits per heavy atom. The smallest absolute Gasteiger partial charge is 0.177 e. The molecule has 0 spiro atoms. The lowest BCUT2D eigenvalue weighted by atomic mass is 9.76. The van der Waals surface area contributed by atoms with Gasteiger partial charge in [-0.05, 0) is 40.9 Å². The molecule has 4 nitrogen and oxygen atoms in total. The van der Waals surface area contributed by atoms with E-state index in [1.54, 1.807) is 6.20 Å². The van der Waals surface area contributed by atoms with Crippen LogP contribution in [0.25, 0.3) is 11.2 Å². The van der Waals surface area contributed by atoms with Crippen LogP contribution in [0, 0.1) is 5.92 Å². The Kier molecular flexibility index (Phi) is 2.90. The summed E-state index contributed by atoms with van der Waals surface area (Å²) in [5, 5.41) is 3.46. The van der Waals surface area contributed by atoms with Gasteiger partial charge in [-0.3, -0.25) is 0 Å². The Morgan fingerprint density at radius 3 is 2.94 bits per heavy atom. The Hall–Kier alpha value is -0.940. The average Bonchev–Trinajstić information content (AvgIpc) is 2.94. The van der Waals surface area contributed by atoms with Crippen LogP contribution in [0.1, 0.15) is 26.1 Å². The minimum Gasteiger partial charge on any atom is -0.340 e. The summed E-state index contributed by atoms with van der Waals surface area (Å²) in [6.07, 6.45) is 2.92. The molecule has 18 heavy (non-hydrogen) atoms. The molecule has 0 amide bonds. The fourth-order valence-corrected chi connectivity index (χ4v) is 3.12. The molecule has 2 aromatic heterocycles. The molecule has 5 heteroatoms. The molecule has 1 aliphatic heterocycles. The van der Waals surface area contributed by atoms with Gasteiger partial charge in [-0.25, -0.2) is 9.97 Å². The maximum absolute atomic E-state index is 4.70. The third-order valence-corrected chi connectivity index (χ3v) is 4.50. The maximum Gasteiger partial charge on any atom is 0.177 e. The van der Waals surface area contributed by atoms with Gasteiger partial charge in [0.05, 0.1) is 5.52 Å². The van der Waals surface area contributed by atoms with Crippen molar-refractivity contribution in [2.75, 3.05) is 13.1 Å². The molecular weight excluding hydrogens is 292 g/mol. The number of aromatic amines is 1. The zero-order chi connectivity index (χ0) is 12.8. The first kappa shape index (κ1) is 12.1. The Labute approximate surface area is 115 Å². The van der Waals surface area contributed by atoms with Gasteiger partial charge in [0.25, 0.3) is 0 Å². The molecule has 2 N–H and O–H groups in total. The number of rotatable bonds is 2. The van der Waals surface area contributed by atoms with E-state index >= 15 is 0 Å². The van der Waals surface area contributed by atoms with Crippen LogP contribution in [0.3, 0.4) is 0 Å². The topological polar surface area (TPSA) is 53.6 Å². The van der Waals surface area contributed by atoms with Gasteiger partial charge in [-0.15, -0.1) is 0 Å². The molecule has 96 valence electrons. The van der Waals surface area contributed by atoms with Gasteiger partial charge in [0.15, 0.2) is 5.65 Å². The molecular formula is C13H17BrN4. The predicted octanol–water partition coefficient (Wildman–Crippen LogP) is 2.61. The van der Waals surface area contributed by atoms with Crippen LogP contribution in [-0.2, 0) is 5.41 Å². The first-order valence-corrected chi connectivity index (χ1v) is 7.13. The SMILES string of the molecule is CC(C)C1(c2nc3ncc(Br)cc3[nH]2)CCNC1. The quantitative estimate of drug-likeness (QED) is 0.896. The Morgan fingerprint density at radius 1 is 1.44 bits per heavy atom. The molecule has 0 saturated carbocycles. The molecule has 0 radical (unpaired) electrons. The van der Waals surface area contributed by atoms with Crippen LogP contribution < -0.4 is 5.32 Å². The van der Waals surface area contributed by atoms with E-state index in [9.17, 15) is 0 Å². The lowest BCUT2D eigenvalue weighted by molar-refractivity contribution is 0.320. The number of aromatic nitrogens is 3. The lowest BCUT2D eigenvalue weighted by Gasteiger charge is -2.30. The minimum atomic E-state index is 0.118. The highest BCUT2D eigenvalue weighted by Gasteiger charge is 2.41. The number of hydrogen-bond acceptors (Lipinski definition) is 3. The minimum absolute atomic E-state index is 0.118. The summed E-state index contributed by atoms with van der Waals surface area (Å²) < 4.78 is 0.980. The fraction of sp³-hybridized carbons (Fsp3) is 0.538. The Bertz CT molecular complexity index is 569. The molecule has 1 saturated heterocycles. The molecule has 3 heterocycles. The number of hydrogen-bond donors (Lipinski definition) is 2. The van der Waals surface area contributed by atoms with E-state index in [1.165, 1.54) is 0 Å². The highest BCUT2D eigenvalue weighted by molar-refractivity contribution is 9.10. The zero-order valence-corrected chi connectivity index (χ0v) is 12.2. The highest BCUT2D eigenvalue weighted by Crippen LogP contribution is 2.37. The van der Waals surface area contributed by atoms with Gasteiger partial charge in [0, 0.05) is 22.6 Å². The van der Waals surface area contributed by atoms with Gasteiger partial charge in [0.1, 0.15) is 5.82 Å². The van der Waals surface area contributed by atoms with Crippen molar-refractivity contribution in [1.29, 1.82) is 0 Å². The normalized spacial score (nSPS) is 24.2. The van der Waals surface area contributed by atoms with Crippen molar-refractivity contribution < 1.29 is 0 Å². The van der Waals surface area contributed by atoms with Crippen LogP contribution in [0.15, 0.2) is 16.7 Å². The second kappa shape index (κ2) is 4.31. The maximum atomic E-state index is 4.70. The molecule has 0 aliphatic carbocycles. The second-order valence-corrected chi connectivity index (χ2v) is 6.26. The zero-order valence-electron chi connectivity index (χ0n) is 10.6. The summed E-state index contributed by atoms with van der Waals surface area (Å²) in [7, 11) is 0. The number of nitrogens with one attached hydrogen (secondary N) is 2.